The number of aromatic nitrogens is 2. The molecule has 4 fully saturated rings. The second-order valence-corrected chi connectivity index (χ2v) is 24.8. The lowest BCUT2D eigenvalue weighted by Crippen LogP contribution is -2.61. The molecule has 7 rings (SSSR count). The number of benzene rings is 2. The molecule has 4 N–H and O–H groups in total. The van der Waals surface area contributed by atoms with Gasteiger partial charge in [0.15, 0.2) is 0 Å². The van der Waals surface area contributed by atoms with Gasteiger partial charge in [0.1, 0.15) is 71.6 Å². The Morgan fingerprint density at radius 2 is 0.954 bits per heavy atom. The quantitative estimate of drug-likeness (QED) is 0.183. The van der Waals surface area contributed by atoms with Gasteiger partial charge >= 0.3 is 11.9 Å². The Morgan fingerprint density at radius 1 is 0.540 bits per heavy atom. The molecule has 4 aliphatic heterocycles. The minimum atomic E-state index is -1.70. The fourth-order valence-electron chi connectivity index (χ4n) is 11.9. The second kappa shape index (κ2) is 27.2. The zero-order chi connectivity index (χ0) is 64.4. The first kappa shape index (κ1) is 66.2. The highest BCUT2D eigenvalue weighted by atomic mass is 16.6. The average Bonchev–Trinajstić information content (AvgIpc) is 1.40. The third-order valence-electron chi connectivity index (χ3n) is 17.0. The van der Waals surface area contributed by atoms with Gasteiger partial charge in [-0.05, 0) is 93.9 Å². The number of hydrogen-bond acceptors (Lipinski definition) is 16. The number of carbonyl (C=O) groups is 12. The summed E-state index contributed by atoms with van der Waals surface area (Å²) in [5.74, 6) is -10.9. The summed E-state index contributed by atoms with van der Waals surface area (Å²) in [6.07, 6.45) is -1.31. The molecule has 87 heavy (non-hydrogen) atoms. The van der Waals surface area contributed by atoms with Crippen LogP contribution in [0.3, 0.4) is 0 Å². The van der Waals surface area contributed by atoms with Crippen LogP contribution in [0.5, 0.6) is 0 Å². The van der Waals surface area contributed by atoms with Crippen LogP contribution in [0.25, 0.3) is 22.1 Å². The molecule has 10 atom stereocenters. The predicted molar refractivity (Wildman–Crippen MR) is 316 cm³/mol. The van der Waals surface area contributed by atoms with Crippen LogP contribution in [0.15, 0.2) is 30.3 Å². The molecule has 4 aliphatic rings. The van der Waals surface area contributed by atoms with Crippen molar-refractivity contribution in [2.75, 3.05) is 54.4 Å². The van der Waals surface area contributed by atoms with Gasteiger partial charge in [0.25, 0.3) is 11.8 Å². The summed E-state index contributed by atoms with van der Waals surface area (Å²) < 4.78 is 11.9. The van der Waals surface area contributed by atoms with E-state index in [9.17, 15) is 57.5 Å². The van der Waals surface area contributed by atoms with Crippen LogP contribution < -0.4 is 21.3 Å². The SMILES string of the molecule is Cc1ccc(C(=O)N[C@@H]2C(=O)N[C@H](C(C)C)C(=O)N3CCC[C@H]3C(=O)N(C)CC(=O)N(C)[C@@H](C(C)C)C(=O)O[C@@H]2C)c2nc3c(C(=O)N[C@@H]4C(=O)N[C@H](C(C)C)C(=O)N5CCC[C@H]5C(=O)N(C)CC(=O)N(C)[C@@H](C(C)C)C(=O)O[C@@H]4C)cccc3nc12. The van der Waals surface area contributed by atoms with E-state index in [0.717, 1.165) is 0 Å². The van der Waals surface area contributed by atoms with Crippen molar-refractivity contribution in [1.82, 2.24) is 60.6 Å². The first-order valence-electron chi connectivity index (χ1n) is 29.8. The number of amides is 10. The highest BCUT2D eigenvalue weighted by Crippen LogP contribution is 2.28. The number of likely N-dealkylation sites (N-methyl/N-ethyl adjacent to an activating group) is 4. The molecule has 1 aromatic heterocycles. The van der Waals surface area contributed by atoms with Gasteiger partial charge in [0.05, 0.1) is 35.2 Å². The maximum atomic E-state index is 15.0. The third-order valence-corrected chi connectivity index (χ3v) is 17.0. The van der Waals surface area contributed by atoms with E-state index in [0.29, 0.717) is 31.2 Å². The molecule has 0 spiro atoms. The van der Waals surface area contributed by atoms with E-state index in [1.54, 1.807) is 74.4 Å². The van der Waals surface area contributed by atoms with E-state index < -0.39 is 168 Å². The molecule has 472 valence electrons. The molecule has 0 bridgehead atoms. The van der Waals surface area contributed by atoms with Crippen molar-refractivity contribution in [1.29, 1.82) is 0 Å². The van der Waals surface area contributed by atoms with Crippen molar-refractivity contribution >= 4 is 93.1 Å². The molecule has 0 saturated carbocycles. The van der Waals surface area contributed by atoms with Gasteiger partial charge in [-0.25, -0.2) is 19.6 Å². The zero-order valence-corrected chi connectivity index (χ0v) is 52.4. The smallest absolute Gasteiger partial charge is 0.329 e. The lowest BCUT2D eigenvalue weighted by Gasteiger charge is -2.36. The molecular weight excluding hydrogens is 1120 g/mol. The zero-order valence-electron chi connectivity index (χ0n) is 52.4. The van der Waals surface area contributed by atoms with Crippen molar-refractivity contribution in [3.05, 3.63) is 47.0 Å². The van der Waals surface area contributed by atoms with Crippen LogP contribution >= 0.6 is 0 Å². The summed E-state index contributed by atoms with van der Waals surface area (Å²) in [5, 5.41) is 11.0. The van der Waals surface area contributed by atoms with Gasteiger partial charge in [0.2, 0.25) is 47.3 Å². The minimum absolute atomic E-state index is 0.0465. The Labute approximate surface area is 506 Å². The van der Waals surface area contributed by atoms with Gasteiger partial charge in [-0.3, -0.25) is 47.9 Å². The molecule has 0 aliphatic carbocycles. The molecule has 3 aromatic rings. The fraction of sp³-hybridized carbons (Fsp3) is 0.607. The number of aryl methyl sites for hydroxylation is 1. The number of ether oxygens (including phenoxy) is 2. The summed E-state index contributed by atoms with van der Waals surface area (Å²) >= 11 is 0. The van der Waals surface area contributed by atoms with Crippen LogP contribution in [0.2, 0.25) is 0 Å². The molecule has 26 heteroatoms. The Hall–Kier alpha value is -8.32. The number of esters is 2. The Bertz CT molecular complexity index is 3240. The molecule has 0 unspecified atom stereocenters. The number of carbonyl (C=O) groups excluding carboxylic acids is 12. The van der Waals surface area contributed by atoms with E-state index in [1.807, 2.05) is 0 Å². The number of para-hydroxylation sites is 1. The maximum absolute atomic E-state index is 15.0. The topological polar surface area (TPSA) is 317 Å². The van der Waals surface area contributed by atoms with Crippen molar-refractivity contribution in [3.8, 4) is 0 Å². The van der Waals surface area contributed by atoms with E-state index >= 15 is 0 Å². The van der Waals surface area contributed by atoms with E-state index in [1.165, 1.54) is 89.6 Å². The number of nitrogens with one attached hydrogen (secondary N) is 4. The monoisotopic (exact) mass is 1210 g/mol. The highest BCUT2D eigenvalue weighted by molar-refractivity contribution is 6.11. The molecule has 5 heterocycles. The van der Waals surface area contributed by atoms with Gasteiger partial charge in [-0.2, -0.15) is 0 Å². The van der Waals surface area contributed by atoms with Crippen molar-refractivity contribution < 1.29 is 67.0 Å². The first-order valence-corrected chi connectivity index (χ1v) is 29.8. The summed E-state index contributed by atoms with van der Waals surface area (Å²) in [6.45, 7) is 17.7. The molecule has 26 nitrogen and oxygen atoms in total. The maximum Gasteiger partial charge on any atom is 0.329 e. The third kappa shape index (κ3) is 13.9. The van der Waals surface area contributed by atoms with Crippen LogP contribution in [-0.2, 0) is 57.4 Å². The lowest BCUT2D eigenvalue weighted by molar-refractivity contribution is -0.163. The van der Waals surface area contributed by atoms with Gasteiger partial charge in [-0.1, -0.05) is 67.5 Å². The molecule has 4 saturated heterocycles. The number of cyclic esters (lactones) is 2. The summed E-state index contributed by atoms with van der Waals surface area (Å²) in [7, 11) is 5.69. The van der Waals surface area contributed by atoms with E-state index in [4.69, 9.17) is 19.4 Å². The molecule has 2 aromatic carbocycles. The van der Waals surface area contributed by atoms with Gasteiger partial charge in [0, 0.05) is 41.3 Å². The Balaban J connectivity index is 1.27. The standard InChI is InChI=1S/C61H84N12O14/c1-29(2)43-58(82)72-25-17-21-39(72)56(80)68(12)27-41(74)70(14)50(31(5)6)60(84)86-34(10)46(54(78)64-43)66-52(76)36-19-16-20-38-48(36)63-49-37(24-23-33(9)45(49)62-38)53(77)67-47-35(11)87-61(85)51(32(7)8)71(15)42(75)28-69(13)57(81)40-22-18-26-73(40)59(83)44(30(3)4)65-55(47)79/h16,19-20,23-24,29-32,34-35,39-40,43-44,46-47,50-51H,17-18,21-22,25-28H2,1-15H3,(H,64,78)(H,65,79)(H,66,76)(H,67,77)/t34-,35-,39+,40+,43-,44-,46+,47+,50+,51+/m1/s1. The van der Waals surface area contributed by atoms with Crippen molar-refractivity contribution in [2.24, 2.45) is 23.7 Å². The number of rotatable bonds is 8. The van der Waals surface area contributed by atoms with Crippen LogP contribution in [0.4, 0.5) is 0 Å². The average molecular weight is 1210 g/mol. The Morgan fingerprint density at radius 3 is 1.36 bits per heavy atom. The molecule has 10 amide bonds. The first-order chi connectivity index (χ1) is 40.9. The normalized spacial score (nSPS) is 26.7. The van der Waals surface area contributed by atoms with Crippen LogP contribution in [-0.4, -0.2) is 225 Å². The second-order valence-electron chi connectivity index (χ2n) is 24.8. The van der Waals surface area contributed by atoms with Crippen LogP contribution in [0, 0.1) is 30.6 Å². The summed E-state index contributed by atoms with van der Waals surface area (Å²) in [5.41, 5.74) is 0.527. The molecular formula is C61H84N12O14. The Kier molecular flexibility index (Phi) is 20.7. The van der Waals surface area contributed by atoms with E-state index in [2.05, 4.69) is 21.3 Å². The van der Waals surface area contributed by atoms with Gasteiger partial charge in [-0.15, -0.1) is 0 Å². The van der Waals surface area contributed by atoms with Crippen LogP contribution in [0.1, 0.15) is 121 Å². The number of fused-ring (bicyclic) bond motifs is 4. The highest BCUT2D eigenvalue weighted by Gasteiger charge is 2.46. The fourth-order valence-corrected chi connectivity index (χ4v) is 11.9. The van der Waals surface area contributed by atoms with Gasteiger partial charge < -0.3 is 60.1 Å². The molecule has 0 radical (unpaired) electrons. The minimum Gasteiger partial charge on any atom is -0.458 e. The van der Waals surface area contributed by atoms with Crippen molar-refractivity contribution in [2.45, 2.75) is 162 Å². The van der Waals surface area contributed by atoms with Crippen molar-refractivity contribution in [3.63, 3.8) is 0 Å². The summed E-state index contributed by atoms with van der Waals surface area (Å²) in [6, 6.07) is -2.61. The number of hydrogen-bond donors (Lipinski definition) is 4. The number of nitrogens with zero attached hydrogens (tertiary/aromatic N) is 8. The lowest BCUT2D eigenvalue weighted by atomic mass is 10.00. The predicted octanol–water partition coefficient (Wildman–Crippen LogP) is 1.33. The largest absolute Gasteiger partial charge is 0.458 e. The summed E-state index contributed by atoms with van der Waals surface area (Å²) in [4.78, 5) is 189. The van der Waals surface area contributed by atoms with E-state index in [-0.39, 0.29) is 46.3 Å².